The van der Waals surface area contributed by atoms with E-state index in [2.05, 4.69) is 4.98 Å². The van der Waals surface area contributed by atoms with Crippen molar-refractivity contribution in [3.63, 3.8) is 0 Å². The number of benzene rings is 1. The lowest BCUT2D eigenvalue weighted by molar-refractivity contribution is 0.0892. The minimum absolute atomic E-state index is 0.0702. The molecule has 4 heteroatoms. The summed E-state index contributed by atoms with van der Waals surface area (Å²) in [7, 11) is 0. The van der Waals surface area contributed by atoms with Gasteiger partial charge in [-0.25, -0.2) is 4.98 Å². The van der Waals surface area contributed by atoms with E-state index in [-0.39, 0.29) is 17.6 Å². The van der Waals surface area contributed by atoms with Crippen molar-refractivity contribution in [3.05, 3.63) is 30.2 Å². The van der Waals surface area contributed by atoms with Crippen LogP contribution in [-0.4, -0.2) is 17.3 Å². The number of carbonyl (C=O) groups is 1. The number of carbonyl (C=O) groups excluding carboxylic acids is 1. The number of ketones is 1. The minimum atomic E-state index is -0.143. The Morgan fingerprint density at radius 3 is 2.88 bits per heavy atom. The number of fused-ring (bicyclic) bond motifs is 1. The van der Waals surface area contributed by atoms with E-state index in [0.717, 1.165) is 5.52 Å². The fourth-order valence-corrected chi connectivity index (χ4v) is 1.90. The van der Waals surface area contributed by atoms with Crippen LogP contribution in [0.2, 0.25) is 0 Å². The lowest BCUT2D eigenvalue weighted by Crippen LogP contribution is -2.28. The Morgan fingerprint density at radius 1 is 1.47 bits per heavy atom. The number of nitrogens with zero attached hydrogens (tertiary/aromatic N) is 1. The maximum absolute atomic E-state index is 12.2. The van der Waals surface area contributed by atoms with Gasteiger partial charge in [-0.3, -0.25) is 4.79 Å². The molecule has 0 aliphatic heterocycles. The molecule has 0 bridgehead atoms. The average molecular weight is 232 g/mol. The quantitative estimate of drug-likeness (QED) is 0.821. The van der Waals surface area contributed by atoms with Gasteiger partial charge in [0.1, 0.15) is 5.52 Å². The van der Waals surface area contributed by atoms with Crippen molar-refractivity contribution in [1.82, 2.24) is 4.98 Å². The summed E-state index contributed by atoms with van der Waals surface area (Å²) in [5.74, 6) is 0.161. The second-order valence-corrected chi connectivity index (χ2v) is 4.49. The lowest BCUT2D eigenvalue weighted by atomic mass is 9.88. The maximum atomic E-state index is 12.2. The van der Waals surface area contributed by atoms with Gasteiger partial charge in [0.15, 0.2) is 17.8 Å². The molecule has 90 valence electrons. The van der Waals surface area contributed by atoms with Gasteiger partial charge in [0.2, 0.25) is 0 Å². The molecule has 0 saturated carbocycles. The number of Topliss-reactive ketones (excluding diaryl/α,β-unsaturated/α-hetero) is 1. The SMILES string of the molecule is CC(C)C(CN)C(=O)c1ccc2ncoc2c1. The molecule has 17 heavy (non-hydrogen) atoms. The van der Waals surface area contributed by atoms with Gasteiger partial charge in [0.25, 0.3) is 0 Å². The summed E-state index contributed by atoms with van der Waals surface area (Å²) in [4.78, 5) is 16.3. The first-order valence-corrected chi connectivity index (χ1v) is 5.71. The van der Waals surface area contributed by atoms with Crippen LogP contribution < -0.4 is 5.73 Å². The molecule has 0 aliphatic rings. The van der Waals surface area contributed by atoms with Crippen LogP contribution in [0.15, 0.2) is 29.0 Å². The molecule has 0 fully saturated rings. The monoisotopic (exact) mass is 232 g/mol. The molecule has 4 nitrogen and oxygen atoms in total. The molecule has 2 aromatic rings. The zero-order chi connectivity index (χ0) is 12.4. The summed E-state index contributed by atoms with van der Waals surface area (Å²) < 4.78 is 5.19. The van der Waals surface area contributed by atoms with E-state index in [0.29, 0.717) is 17.7 Å². The first-order chi connectivity index (χ1) is 8.13. The predicted octanol–water partition coefficient (Wildman–Crippen LogP) is 2.24. The second kappa shape index (κ2) is 4.67. The number of oxazole rings is 1. The Morgan fingerprint density at radius 2 is 2.24 bits per heavy atom. The lowest BCUT2D eigenvalue weighted by Gasteiger charge is -2.17. The highest BCUT2D eigenvalue weighted by Crippen LogP contribution is 2.20. The van der Waals surface area contributed by atoms with E-state index in [4.69, 9.17) is 10.2 Å². The minimum Gasteiger partial charge on any atom is -0.443 e. The van der Waals surface area contributed by atoms with Crippen LogP contribution in [0.5, 0.6) is 0 Å². The normalized spacial score (nSPS) is 13.2. The summed E-state index contributed by atoms with van der Waals surface area (Å²) in [6.07, 6.45) is 1.38. The van der Waals surface area contributed by atoms with Gasteiger partial charge in [-0.15, -0.1) is 0 Å². The zero-order valence-electron chi connectivity index (χ0n) is 10.0. The van der Waals surface area contributed by atoms with Crippen molar-refractivity contribution in [2.45, 2.75) is 13.8 Å². The van der Waals surface area contributed by atoms with Gasteiger partial charge in [0.05, 0.1) is 0 Å². The highest BCUT2D eigenvalue weighted by Gasteiger charge is 2.22. The van der Waals surface area contributed by atoms with E-state index in [1.54, 1.807) is 18.2 Å². The smallest absolute Gasteiger partial charge is 0.181 e. The van der Waals surface area contributed by atoms with E-state index in [9.17, 15) is 4.79 Å². The molecule has 0 saturated heterocycles. The van der Waals surface area contributed by atoms with Crippen molar-refractivity contribution < 1.29 is 9.21 Å². The number of hydrogen-bond donors (Lipinski definition) is 1. The zero-order valence-corrected chi connectivity index (χ0v) is 10.0. The van der Waals surface area contributed by atoms with Gasteiger partial charge in [-0.1, -0.05) is 13.8 Å². The van der Waals surface area contributed by atoms with Crippen LogP contribution in [0.25, 0.3) is 11.1 Å². The predicted molar refractivity (Wildman–Crippen MR) is 65.7 cm³/mol. The molecule has 1 heterocycles. The van der Waals surface area contributed by atoms with E-state index in [1.165, 1.54) is 6.39 Å². The van der Waals surface area contributed by atoms with E-state index >= 15 is 0 Å². The Labute approximate surface area is 99.8 Å². The van der Waals surface area contributed by atoms with Crippen molar-refractivity contribution in [1.29, 1.82) is 0 Å². The molecule has 1 aromatic heterocycles. The Balaban J connectivity index is 2.35. The third kappa shape index (κ3) is 2.22. The molecular formula is C13H16N2O2. The fourth-order valence-electron chi connectivity index (χ4n) is 1.90. The molecule has 1 atom stereocenters. The van der Waals surface area contributed by atoms with Gasteiger partial charge < -0.3 is 10.2 Å². The third-order valence-electron chi connectivity index (χ3n) is 3.01. The highest BCUT2D eigenvalue weighted by molar-refractivity contribution is 6.00. The highest BCUT2D eigenvalue weighted by atomic mass is 16.3. The number of aromatic nitrogens is 1. The van der Waals surface area contributed by atoms with Crippen molar-refractivity contribution in [2.75, 3.05) is 6.54 Å². The Bertz CT molecular complexity index is 531. The summed E-state index contributed by atoms with van der Waals surface area (Å²) in [5, 5.41) is 0. The Hall–Kier alpha value is -1.68. The van der Waals surface area contributed by atoms with Crippen LogP contribution in [0.4, 0.5) is 0 Å². The van der Waals surface area contributed by atoms with Gasteiger partial charge in [-0.05, 0) is 24.1 Å². The van der Waals surface area contributed by atoms with E-state index < -0.39 is 0 Å². The van der Waals surface area contributed by atoms with Crippen LogP contribution in [-0.2, 0) is 0 Å². The first kappa shape index (κ1) is 11.8. The molecular weight excluding hydrogens is 216 g/mol. The number of nitrogens with two attached hydrogens (primary N) is 1. The average Bonchev–Trinajstić information content (AvgIpc) is 2.75. The van der Waals surface area contributed by atoms with Gasteiger partial charge in [0, 0.05) is 18.0 Å². The van der Waals surface area contributed by atoms with Crippen LogP contribution in [0.3, 0.4) is 0 Å². The van der Waals surface area contributed by atoms with Crippen LogP contribution in [0, 0.1) is 11.8 Å². The van der Waals surface area contributed by atoms with E-state index in [1.807, 2.05) is 13.8 Å². The maximum Gasteiger partial charge on any atom is 0.181 e. The van der Waals surface area contributed by atoms with Crippen molar-refractivity contribution >= 4 is 16.9 Å². The standard InChI is InChI=1S/C13H16N2O2/c1-8(2)10(6-14)13(16)9-3-4-11-12(5-9)17-7-15-11/h3-5,7-8,10H,6,14H2,1-2H3. The Kier molecular flexibility index (Phi) is 3.24. The molecule has 0 radical (unpaired) electrons. The molecule has 0 amide bonds. The second-order valence-electron chi connectivity index (χ2n) is 4.49. The molecule has 1 aromatic carbocycles. The fraction of sp³-hybridized carbons (Fsp3) is 0.385. The van der Waals surface area contributed by atoms with Gasteiger partial charge >= 0.3 is 0 Å². The number of hydrogen-bond acceptors (Lipinski definition) is 4. The molecule has 2 rings (SSSR count). The van der Waals surface area contributed by atoms with Crippen molar-refractivity contribution in [2.24, 2.45) is 17.6 Å². The van der Waals surface area contributed by atoms with Gasteiger partial charge in [-0.2, -0.15) is 0 Å². The van der Waals surface area contributed by atoms with Crippen LogP contribution in [0.1, 0.15) is 24.2 Å². The molecule has 0 aliphatic carbocycles. The topological polar surface area (TPSA) is 69.1 Å². The van der Waals surface area contributed by atoms with Crippen LogP contribution >= 0.6 is 0 Å². The largest absolute Gasteiger partial charge is 0.443 e. The summed E-state index contributed by atoms with van der Waals surface area (Å²) in [6, 6.07) is 5.30. The third-order valence-corrected chi connectivity index (χ3v) is 3.01. The summed E-state index contributed by atoms with van der Waals surface area (Å²) >= 11 is 0. The first-order valence-electron chi connectivity index (χ1n) is 5.71. The summed E-state index contributed by atoms with van der Waals surface area (Å²) in [5.41, 5.74) is 7.68. The molecule has 0 spiro atoms. The molecule has 1 unspecified atom stereocenters. The summed E-state index contributed by atoms with van der Waals surface area (Å²) in [6.45, 7) is 4.37. The molecule has 2 N–H and O–H groups in total. The number of rotatable bonds is 4. The van der Waals surface area contributed by atoms with Crippen molar-refractivity contribution in [3.8, 4) is 0 Å².